The lowest BCUT2D eigenvalue weighted by atomic mass is 10.2. The van der Waals surface area contributed by atoms with Crippen molar-refractivity contribution in [3.05, 3.63) is 41.2 Å². The summed E-state index contributed by atoms with van der Waals surface area (Å²) in [5.41, 5.74) is 1.34. The first kappa shape index (κ1) is 21.4. The Kier molecular flexibility index (Phi) is 8.47. The standard InChI is InChI=1S/C17H17ClF3N5O2/c18-14-4-3-12(6-15(14)28-16(20)21)23-9-13(26-22)10-27-17-24-7-11(8-25-17)2-1-5-19/h3-4,6-9,16H,1-2,5,10,22H2. The molecule has 0 bridgehead atoms. The lowest BCUT2D eigenvalue weighted by Gasteiger charge is -2.07. The van der Waals surface area contributed by atoms with Crippen LogP contribution in [0.25, 0.3) is 0 Å². The molecule has 0 unspecified atom stereocenters. The summed E-state index contributed by atoms with van der Waals surface area (Å²) in [4.78, 5) is 12.1. The molecule has 7 nitrogen and oxygen atoms in total. The van der Waals surface area contributed by atoms with Gasteiger partial charge in [0.2, 0.25) is 0 Å². The Morgan fingerprint density at radius 1 is 1.29 bits per heavy atom. The van der Waals surface area contributed by atoms with Gasteiger partial charge < -0.3 is 15.3 Å². The summed E-state index contributed by atoms with van der Waals surface area (Å²) >= 11 is 5.78. The Morgan fingerprint density at radius 2 is 2.04 bits per heavy atom. The summed E-state index contributed by atoms with van der Waals surface area (Å²) in [5.74, 6) is 5.10. The van der Waals surface area contributed by atoms with E-state index in [1.165, 1.54) is 24.4 Å². The molecule has 0 radical (unpaired) electrons. The first-order valence-electron chi connectivity index (χ1n) is 8.06. The van der Waals surface area contributed by atoms with Crippen molar-refractivity contribution < 1.29 is 22.6 Å². The molecule has 0 aliphatic heterocycles. The van der Waals surface area contributed by atoms with Gasteiger partial charge >= 0.3 is 12.6 Å². The molecular weight excluding hydrogens is 399 g/mol. The van der Waals surface area contributed by atoms with Crippen molar-refractivity contribution in [3.63, 3.8) is 0 Å². The second-order valence-corrected chi connectivity index (χ2v) is 5.73. The van der Waals surface area contributed by atoms with E-state index in [9.17, 15) is 13.2 Å². The first-order chi connectivity index (χ1) is 13.5. The van der Waals surface area contributed by atoms with Crippen LogP contribution in [0.3, 0.4) is 0 Å². The van der Waals surface area contributed by atoms with Crippen LogP contribution in [0.4, 0.5) is 18.9 Å². The normalized spacial score (nSPS) is 12.0. The van der Waals surface area contributed by atoms with E-state index in [0.717, 1.165) is 5.56 Å². The zero-order chi connectivity index (χ0) is 20.4. The van der Waals surface area contributed by atoms with E-state index in [1.54, 1.807) is 12.4 Å². The van der Waals surface area contributed by atoms with E-state index in [-0.39, 0.29) is 29.1 Å². The molecule has 0 aliphatic rings. The van der Waals surface area contributed by atoms with E-state index in [2.05, 4.69) is 24.8 Å². The summed E-state index contributed by atoms with van der Waals surface area (Å²) < 4.78 is 46.5. The Morgan fingerprint density at radius 3 is 2.68 bits per heavy atom. The third-order valence-electron chi connectivity index (χ3n) is 3.29. The molecule has 28 heavy (non-hydrogen) atoms. The summed E-state index contributed by atoms with van der Waals surface area (Å²) in [6, 6.07) is 4.22. The topological polar surface area (TPSA) is 95.0 Å². The summed E-state index contributed by atoms with van der Waals surface area (Å²) in [7, 11) is 0. The second-order valence-electron chi connectivity index (χ2n) is 5.33. The number of ether oxygens (including phenoxy) is 2. The third-order valence-corrected chi connectivity index (χ3v) is 3.60. The van der Waals surface area contributed by atoms with Gasteiger partial charge in [0.05, 0.1) is 23.6 Å². The smallest absolute Gasteiger partial charge is 0.387 e. The number of rotatable bonds is 10. The number of nitrogens with two attached hydrogens (primary N) is 1. The molecule has 2 rings (SSSR count). The molecule has 1 heterocycles. The average Bonchev–Trinajstić information content (AvgIpc) is 2.69. The van der Waals surface area contributed by atoms with Gasteiger partial charge in [-0.25, -0.2) is 9.97 Å². The van der Waals surface area contributed by atoms with Gasteiger partial charge in [-0.15, -0.1) is 0 Å². The van der Waals surface area contributed by atoms with Crippen LogP contribution in [0.5, 0.6) is 11.8 Å². The van der Waals surface area contributed by atoms with E-state index >= 15 is 0 Å². The van der Waals surface area contributed by atoms with Gasteiger partial charge in [0.1, 0.15) is 18.1 Å². The molecule has 0 saturated carbocycles. The molecule has 150 valence electrons. The Hall–Kier alpha value is -2.88. The monoisotopic (exact) mass is 415 g/mol. The zero-order valence-corrected chi connectivity index (χ0v) is 15.3. The molecule has 1 aromatic heterocycles. The molecule has 2 aromatic rings. The lowest BCUT2D eigenvalue weighted by molar-refractivity contribution is -0.0497. The predicted octanol–water partition coefficient (Wildman–Crippen LogP) is 3.73. The molecule has 0 spiro atoms. The highest BCUT2D eigenvalue weighted by atomic mass is 35.5. The van der Waals surface area contributed by atoms with Crippen molar-refractivity contribution in [2.45, 2.75) is 19.5 Å². The Balaban J connectivity index is 1.95. The largest absolute Gasteiger partial charge is 0.457 e. The van der Waals surface area contributed by atoms with Gasteiger partial charge in [-0.1, -0.05) is 11.6 Å². The minimum atomic E-state index is -3.00. The molecular formula is C17H17ClF3N5O2. The number of alkyl halides is 3. The van der Waals surface area contributed by atoms with Crippen LogP contribution in [-0.4, -0.2) is 41.8 Å². The molecule has 0 amide bonds. The maximum Gasteiger partial charge on any atom is 0.387 e. The fraction of sp³-hybridized carbons (Fsp3) is 0.294. The van der Waals surface area contributed by atoms with Gasteiger partial charge in [0.25, 0.3) is 0 Å². The van der Waals surface area contributed by atoms with Crippen molar-refractivity contribution in [2.24, 2.45) is 15.9 Å². The molecule has 0 saturated heterocycles. The molecule has 0 atom stereocenters. The minimum Gasteiger partial charge on any atom is -0.457 e. The molecule has 11 heteroatoms. The van der Waals surface area contributed by atoms with Gasteiger partial charge in [-0.05, 0) is 30.5 Å². The van der Waals surface area contributed by atoms with Gasteiger partial charge in [0, 0.05) is 18.5 Å². The Bertz CT molecular complexity index is 819. The SMILES string of the molecule is NN=C(C=Nc1ccc(Cl)c(OC(F)F)c1)COc1ncc(CCCF)cn1. The number of halogens is 4. The number of aromatic nitrogens is 2. The maximum atomic E-state index is 12.3. The number of aryl methyl sites for hydroxylation is 1. The van der Waals surface area contributed by atoms with E-state index in [4.69, 9.17) is 22.2 Å². The first-order valence-corrected chi connectivity index (χ1v) is 8.44. The predicted molar refractivity (Wildman–Crippen MR) is 99.7 cm³/mol. The molecule has 1 aromatic carbocycles. The number of aliphatic imine (C=N–C) groups is 1. The number of hydrogen-bond donors (Lipinski definition) is 1. The molecule has 0 aliphatic carbocycles. The van der Waals surface area contributed by atoms with Crippen molar-refractivity contribution in [2.75, 3.05) is 13.3 Å². The third kappa shape index (κ3) is 7.03. The zero-order valence-electron chi connectivity index (χ0n) is 14.6. The highest BCUT2D eigenvalue weighted by Gasteiger charge is 2.09. The lowest BCUT2D eigenvalue weighted by Crippen LogP contribution is -2.16. The van der Waals surface area contributed by atoms with Gasteiger partial charge in [-0.2, -0.15) is 13.9 Å². The van der Waals surface area contributed by atoms with Crippen LogP contribution in [0, 0.1) is 0 Å². The number of benzene rings is 1. The molecule has 0 fully saturated rings. The van der Waals surface area contributed by atoms with E-state index < -0.39 is 13.3 Å². The fourth-order valence-electron chi connectivity index (χ4n) is 1.97. The summed E-state index contributed by atoms with van der Waals surface area (Å²) in [5, 5.41) is 3.56. The van der Waals surface area contributed by atoms with Gasteiger partial charge in [-0.3, -0.25) is 9.38 Å². The number of hydrazone groups is 1. The van der Waals surface area contributed by atoms with E-state index in [0.29, 0.717) is 18.5 Å². The van der Waals surface area contributed by atoms with Gasteiger partial charge in [0.15, 0.2) is 0 Å². The second kappa shape index (κ2) is 11.1. The summed E-state index contributed by atoms with van der Waals surface area (Å²) in [6.45, 7) is -3.48. The van der Waals surface area contributed by atoms with Crippen LogP contribution in [0.2, 0.25) is 5.02 Å². The van der Waals surface area contributed by atoms with E-state index in [1.807, 2.05) is 0 Å². The molecule has 2 N–H and O–H groups in total. The highest BCUT2D eigenvalue weighted by Crippen LogP contribution is 2.30. The van der Waals surface area contributed by atoms with Crippen molar-refractivity contribution in [1.82, 2.24) is 9.97 Å². The minimum absolute atomic E-state index is 0.0300. The van der Waals surface area contributed by atoms with Crippen LogP contribution in [-0.2, 0) is 6.42 Å². The number of nitrogens with zero attached hydrogens (tertiary/aromatic N) is 4. The van der Waals surface area contributed by atoms with Crippen LogP contribution >= 0.6 is 11.6 Å². The van der Waals surface area contributed by atoms with Crippen molar-refractivity contribution >= 4 is 29.2 Å². The van der Waals surface area contributed by atoms with Crippen LogP contribution < -0.4 is 15.3 Å². The average molecular weight is 416 g/mol. The van der Waals surface area contributed by atoms with Crippen LogP contribution in [0.15, 0.2) is 40.7 Å². The van der Waals surface area contributed by atoms with Crippen molar-refractivity contribution in [3.8, 4) is 11.8 Å². The highest BCUT2D eigenvalue weighted by molar-refractivity contribution is 6.32. The Labute approximate surface area is 164 Å². The van der Waals surface area contributed by atoms with Crippen LogP contribution in [0.1, 0.15) is 12.0 Å². The fourth-order valence-corrected chi connectivity index (χ4v) is 2.13. The van der Waals surface area contributed by atoms with Crippen molar-refractivity contribution in [1.29, 1.82) is 0 Å². The maximum absolute atomic E-state index is 12.3. The number of hydrogen-bond acceptors (Lipinski definition) is 7. The summed E-state index contributed by atoms with van der Waals surface area (Å²) in [6.07, 6.45) is 5.33. The quantitative estimate of drug-likeness (QED) is 0.362.